The maximum absolute atomic E-state index is 10.5. The Morgan fingerprint density at radius 1 is 1.44 bits per heavy atom. The number of thioether (sulfide) groups is 1. The quantitative estimate of drug-likeness (QED) is 0.880. The fourth-order valence-corrected chi connectivity index (χ4v) is 2.40. The highest BCUT2D eigenvalue weighted by Gasteiger charge is 2.12. The van der Waals surface area contributed by atoms with E-state index in [4.69, 9.17) is 28.3 Å². The third-order valence-corrected chi connectivity index (χ3v) is 3.44. The Morgan fingerprint density at radius 2 is 2.22 bits per heavy atom. The summed E-state index contributed by atoms with van der Waals surface area (Å²) in [7, 11) is 0. The van der Waals surface area contributed by atoms with Gasteiger partial charge in [0.25, 0.3) is 0 Å². The lowest BCUT2D eigenvalue weighted by Gasteiger charge is -2.06. The van der Waals surface area contributed by atoms with Gasteiger partial charge in [-0.15, -0.1) is 0 Å². The van der Waals surface area contributed by atoms with Crippen LogP contribution in [0.1, 0.15) is 0 Å². The Balaban J connectivity index is 2.33. The SMILES string of the molecule is O=C(O)CSc1ncnn1-c1ccc(Cl)cc1Cl. The van der Waals surface area contributed by atoms with Gasteiger partial charge in [0.05, 0.1) is 16.5 Å². The maximum atomic E-state index is 10.5. The molecule has 0 saturated carbocycles. The van der Waals surface area contributed by atoms with Crippen molar-refractivity contribution in [2.45, 2.75) is 5.16 Å². The molecule has 8 heteroatoms. The molecule has 2 rings (SSSR count). The molecular formula is C10H7Cl2N3O2S. The third kappa shape index (κ3) is 2.95. The Bertz CT molecular complexity index is 588. The average molecular weight is 304 g/mol. The monoisotopic (exact) mass is 303 g/mol. The predicted octanol–water partition coefficient (Wildman–Crippen LogP) is 2.75. The van der Waals surface area contributed by atoms with Gasteiger partial charge in [0.1, 0.15) is 6.33 Å². The second-order valence-corrected chi connectivity index (χ2v) is 5.02. The van der Waals surface area contributed by atoms with Gasteiger partial charge in [0, 0.05) is 5.02 Å². The van der Waals surface area contributed by atoms with Crippen LogP contribution in [0.3, 0.4) is 0 Å². The van der Waals surface area contributed by atoms with Gasteiger partial charge < -0.3 is 5.11 Å². The molecule has 0 spiro atoms. The molecule has 0 atom stereocenters. The first kappa shape index (κ1) is 13.2. The standard InChI is InChI=1S/C10H7Cl2N3O2S/c11-6-1-2-8(7(12)3-6)15-10(13-5-14-15)18-4-9(16)17/h1-3,5H,4H2,(H,16,17). The highest BCUT2D eigenvalue weighted by Crippen LogP contribution is 2.27. The van der Waals surface area contributed by atoms with E-state index in [-0.39, 0.29) is 5.75 Å². The number of aromatic nitrogens is 3. The maximum Gasteiger partial charge on any atom is 0.313 e. The van der Waals surface area contributed by atoms with Crippen LogP contribution in [0.4, 0.5) is 0 Å². The lowest BCUT2D eigenvalue weighted by Crippen LogP contribution is -2.03. The van der Waals surface area contributed by atoms with Crippen molar-refractivity contribution in [3.63, 3.8) is 0 Å². The van der Waals surface area contributed by atoms with Crippen LogP contribution < -0.4 is 0 Å². The smallest absolute Gasteiger partial charge is 0.313 e. The molecule has 0 aliphatic heterocycles. The number of rotatable bonds is 4. The summed E-state index contributed by atoms with van der Waals surface area (Å²) in [5, 5.41) is 14.1. The van der Waals surface area contributed by atoms with Gasteiger partial charge in [-0.25, -0.2) is 9.67 Å². The van der Waals surface area contributed by atoms with Gasteiger partial charge in [0.2, 0.25) is 0 Å². The number of nitrogens with zero attached hydrogens (tertiary/aromatic N) is 3. The number of benzene rings is 1. The minimum atomic E-state index is -0.920. The number of aliphatic carboxylic acids is 1. The zero-order chi connectivity index (χ0) is 13.1. The molecule has 0 amide bonds. The molecular weight excluding hydrogens is 297 g/mol. The summed E-state index contributed by atoms with van der Waals surface area (Å²) >= 11 is 12.9. The summed E-state index contributed by atoms with van der Waals surface area (Å²) < 4.78 is 1.48. The van der Waals surface area contributed by atoms with E-state index in [0.29, 0.717) is 20.9 Å². The summed E-state index contributed by atoms with van der Waals surface area (Å²) in [5.74, 6) is -1.01. The van der Waals surface area contributed by atoms with Crippen LogP contribution in [-0.2, 0) is 4.79 Å². The van der Waals surface area contributed by atoms with Gasteiger partial charge in [-0.3, -0.25) is 4.79 Å². The fourth-order valence-electron chi connectivity index (χ4n) is 1.27. The van der Waals surface area contributed by atoms with E-state index in [9.17, 15) is 4.79 Å². The number of hydrogen-bond donors (Lipinski definition) is 1. The number of halogens is 2. The van der Waals surface area contributed by atoms with E-state index >= 15 is 0 Å². The molecule has 5 nitrogen and oxygen atoms in total. The largest absolute Gasteiger partial charge is 0.481 e. The Hall–Kier alpha value is -1.24. The molecule has 1 N–H and O–H groups in total. The summed E-state index contributed by atoms with van der Waals surface area (Å²) in [6.07, 6.45) is 1.34. The van der Waals surface area contributed by atoms with Gasteiger partial charge in [0.15, 0.2) is 5.16 Å². The minimum Gasteiger partial charge on any atom is -0.481 e. The second-order valence-electron chi connectivity index (χ2n) is 3.23. The van der Waals surface area contributed by atoms with E-state index < -0.39 is 5.97 Å². The van der Waals surface area contributed by atoms with Crippen LogP contribution in [0, 0.1) is 0 Å². The molecule has 1 heterocycles. The van der Waals surface area contributed by atoms with E-state index in [1.54, 1.807) is 18.2 Å². The number of carbonyl (C=O) groups is 1. The van der Waals surface area contributed by atoms with Gasteiger partial charge in [-0.05, 0) is 18.2 Å². The molecule has 94 valence electrons. The topological polar surface area (TPSA) is 68.0 Å². The summed E-state index contributed by atoms with van der Waals surface area (Å²) in [6.45, 7) is 0. The van der Waals surface area contributed by atoms with Crippen LogP contribution in [0.15, 0.2) is 29.7 Å². The first-order chi connectivity index (χ1) is 8.58. The Kier molecular flexibility index (Phi) is 4.11. The molecule has 2 aromatic rings. The minimum absolute atomic E-state index is 0.0934. The van der Waals surface area contributed by atoms with Crippen LogP contribution in [0.25, 0.3) is 5.69 Å². The first-order valence-electron chi connectivity index (χ1n) is 4.78. The Labute approximate surface area is 117 Å². The van der Waals surface area contributed by atoms with Gasteiger partial charge >= 0.3 is 5.97 Å². The molecule has 0 radical (unpaired) electrons. The van der Waals surface area contributed by atoms with Crippen molar-refractivity contribution in [3.05, 3.63) is 34.6 Å². The lowest BCUT2D eigenvalue weighted by molar-refractivity contribution is -0.133. The summed E-state index contributed by atoms with van der Waals surface area (Å²) in [6, 6.07) is 4.96. The van der Waals surface area contributed by atoms with Crippen LogP contribution >= 0.6 is 35.0 Å². The van der Waals surface area contributed by atoms with Gasteiger partial charge in [-0.2, -0.15) is 5.10 Å². The van der Waals surface area contributed by atoms with E-state index in [1.807, 2.05) is 0 Å². The van der Waals surface area contributed by atoms with Crippen molar-refractivity contribution < 1.29 is 9.90 Å². The average Bonchev–Trinajstić information content (AvgIpc) is 2.74. The number of hydrogen-bond acceptors (Lipinski definition) is 4. The highest BCUT2D eigenvalue weighted by atomic mass is 35.5. The van der Waals surface area contributed by atoms with Crippen molar-refractivity contribution in [2.75, 3.05) is 5.75 Å². The van der Waals surface area contributed by atoms with Gasteiger partial charge in [-0.1, -0.05) is 35.0 Å². The first-order valence-corrected chi connectivity index (χ1v) is 6.52. The van der Waals surface area contributed by atoms with Crippen LogP contribution in [0.2, 0.25) is 10.0 Å². The molecule has 1 aromatic heterocycles. The molecule has 18 heavy (non-hydrogen) atoms. The molecule has 0 unspecified atom stereocenters. The molecule has 0 aliphatic rings. The third-order valence-electron chi connectivity index (χ3n) is 1.98. The summed E-state index contributed by atoms with van der Waals surface area (Å²) in [4.78, 5) is 14.5. The van der Waals surface area contributed by atoms with E-state index in [2.05, 4.69) is 10.1 Å². The van der Waals surface area contributed by atoms with Crippen molar-refractivity contribution >= 4 is 40.9 Å². The Morgan fingerprint density at radius 3 is 2.89 bits per heavy atom. The molecule has 1 aromatic carbocycles. The predicted molar refractivity (Wildman–Crippen MR) is 69.7 cm³/mol. The van der Waals surface area contributed by atoms with Crippen molar-refractivity contribution in [1.82, 2.24) is 14.8 Å². The fraction of sp³-hybridized carbons (Fsp3) is 0.100. The number of carboxylic acids is 1. The normalized spacial score (nSPS) is 10.6. The molecule has 0 aliphatic carbocycles. The number of carboxylic acid groups (broad SMARTS) is 1. The highest BCUT2D eigenvalue weighted by molar-refractivity contribution is 7.99. The second kappa shape index (κ2) is 5.60. The molecule has 0 bridgehead atoms. The van der Waals surface area contributed by atoms with E-state index in [1.165, 1.54) is 11.0 Å². The zero-order valence-electron chi connectivity index (χ0n) is 8.88. The zero-order valence-corrected chi connectivity index (χ0v) is 11.2. The lowest BCUT2D eigenvalue weighted by atomic mass is 10.3. The van der Waals surface area contributed by atoms with Crippen molar-refractivity contribution in [1.29, 1.82) is 0 Å². The van der Waals surface area contributed by atoms with E-state index in [0.717, 1.165) is 11.8 Å². The molecule has 0 saturated heterocycles. The van der Waals surface area contributed by atoms with Crippen LogP contribution in [-0.4, -0.2) is 31.6 Å². The summed E-state index contributed by atoms with van der Waals surface area (Å²) in [5.41, 5.74) is 0.603. The van der Waals surface area contributed by atoms with Crippen LogP contribution in [0.5, 0.6) is 0 Å². The molecule has 0 fully saturated rings. The van der Waals surface area contributed by atoms with Crippen molar-refractivity contribution in [3.8, 4) is 5.69 Å². The van der Waals surface area contributed by atoms with Crippen molar-refractivity contribution in [2.24, 2.45) is 0 Å².